The van der Waals surface area contributed by atoms with Crippen molar-refractivity contribution >= 4 is 5.91 Å². The molecule has 2 aliphatic rings. The van der Waals surface area contributed by atoms with Crippen molar-refractivity contribution in [2.24, 2.45) is 0 Å². The smallest absolute Gasteiger partial charge is 0.239 e. The Balaban J connectivity index is 1.57. The number of hydrogen-bond donors (Lipinski definition) is 1. The van der Waals surface area contributed by atoms with Crippen molar-refractivity contribution in [3.8, 4) is 11.5 Å². The van der Waals surface area contributed by atoms with Crippen LogP contribution in [0.2, 0.25) is 0 Å². The molecule has 3 rings (SSSR count). The molecular formula is C15H20N2O3. The number of rotatable bonds is 3. The molecule has 1 fully saturated rings. The fraction of sp³-hybridized carbons (Fsp3) is 0.533. The molecule has 20 heavy (non-hydrogen) atoms. The Bertz CT molecular complexity index is 486. The Labute approximate surface area is 118 Å². The molecular weight excluding hydrogens is 256 g/mol. The van der Waals surface area contributed by atoms with Gasteiger partial charge in [0, 0.05) is 7.05 Å². The highest BCUT2D eigenvalue weighted by Gasteiger charge is 2.28. The van der Waals surface area contributed by atoms with Gasteiger partial charge in [-0.05, 0) is 31.5 Å². The fourth-order valence-corrected chi connectivity index (χ4v) is 2.71. The van der Waals surface area contributed by atoms with Crippen LogP contribution in [-0.4, -0.2) is 49.7 Å². The van der Waals surface area contributed by atoms with Gasteiger partial charge in [-0.1, -0.05) is 12.1 Å². The van der Waals surface area contributed by atoms with Crippen LogP contribution >= 0.6 is 0 Å². The second-order valence-corrected chi connectivity index (χ2v) is 5.37. The van der Waals surface area contributed by atoms with Gasteiger partial charge in [-0.2, -0.15) is 0 Å². The average molecular weight is 276 g/mol. The van der Waals surface area contributed by atoms with Gasteiger partial charge < -0.3 is 19.7 Å². The van der Waals surface area contributed by atoms with E-state index in [1.807, 2.05) is 31.3 Å². The maximum atomic E-state index is 12.2. The van der Waals surface area contributed by atoms with Crippen molar-refractivity contribution in [1.82, 2.24) is 10.2 Å². The van der Waals surface area contributed by atoms with E-state index in [4.69, 9.17) is 9.47 Å². The Morgan fingerprint density at radius 2 is 2.20 bits per heavy atom. The highest BCUT2D eigenvalue weighted by molar-refractivity contribution is 5.82. The summed E-state index contributed by atoms with van der Waals surface area (Å²) >= 11 is 0. The molecule has 0 saturated carbocycles. The lowest BCUT2D eigenvalue weighted by Crippen LogP contribution is -2.47. The molecule has 1 aromatic rings. The summed E-state index contributed by atoms with van der Waals surface area (Å²) in [7, 11) is 1.83. The molecule has 0 radical (unpaired) electrons. The van der Waals surface area contributed by atoms with Crippen molar-refractivity contribution in [2.45, 2.75) is 25.0 Å². The summed E-state index contributed by atoms with van der Waals surface area (Å²) in [5.41, 5.74) is 0. The molecule has 5 nitrogen and oxygen atoms in total. The fourth-order valence-electron chi connectivity index (χ4n) is 2.71. The van der Waals surface area contributed by atoms with Crippen LogP contribution in [0.4, 0.5) is 0 Å². The summed E-state index contributed by atoms with van der Waals surface area (Å²) in [4.78, 5) is 14.0. The third-order valence-electron chi connectivity index (χ3n) is 3.78. The number of fused-ring (bicyclic) bond motifs is 1. The van der Waals surface area contributed by atoms with Crippen LogP contribution in [0.15, 0.2) is 24.3 Å². The van der Waals surface area contributed by atoms with Crippen molar-refractivity contribution in [3.63, 3.8) is 0 Å². The van der Waals surface area contributed by atoms with Gasteiger partial charge in [0.2, 0.25) is 5.91 Å². The van der Waals surface area contributed by atoms with Crippen LogP contribution < -0.4 is 14.8 Å². The minimum Gasteiger partial charge on any atom is -0.486 e. The Hall–Kier alpha value is -1.75. The summed E-state index contributed by atoms with van der Waals surface area (Å²) in [6.45, 7) is 1.96. The number of carbonyl (C=O) groups excluding carboxylic acids is 1. The zero-order chi connectivity index (χ0) is 13.9. The minimum absolute atomic E-state index is 0.0307. The van der Waals surface area contributed by atoms with Crippen LogP contribution in [0.5, 0.6) is 11.5 Å². The normalized spacial score (nSPS) is 24.4. The molecule has 1 N–H and O–H groups in total. The highest BCUT2D eigenvalue weighted by atomic mass is 16.6. The number of nitrogens with zero attached hydrogens (tertiary/aromatic N) is 1. The quantitative estimate of drug-likeness (QED) is 0.896. The van der Waals surface area contributed by atoms with Gasteiger partial charge in [-0.15, -0.1) is 0 Å². The van der Waals surface area contributed by atoms with Gasteiger partial charge in [0.25, 0.3) is 0 Å². The predicted molar refractivity (Wildman–Crippen MR) is 75.0 cm³/mol. The first-order valence-corrected chi connectivity index (χ1v) is 7.11. The molecule has 1 amide bonds. The van der Waals surface area contributed by atoms with Crippen molar-refractivity contribution in [2.75, 3.05) is 26.7 Å². The van der Waals surface area contributed by atoms with E-state index >= 15 is 0 Å². The lowest BCUT2D eigenvalue weighted by Gasteiger charge is -2.30. The third kappa shape index (κ3) is 2.72. The van der Waals surface area contributed by atoms with Gasteiger partial charge in [0.15, 0.2) is 17.6 Å². The van der Waals surface area contributed by atoms with Crippen molar-refractivity contribution in [3.05, 3.63) is 24.3 Å². The van der Waals surface area contributed by atoms with Crippen LogP contribution in [0.25, 0.3) is 0 Å². The molecule has 2 heterocycles. The molecule has 1 saturated heterocycles. The van der Waals surface area contributed by atoms with E-state index in [9.17, 15) is 4.79 Å². The lowest BCUT2D eigenvalue weighted by atomic mass is 10.2. The third-order valence-corrected chi connectivity index (χ3v) is 3.78. The molecule has 0 aromatic heterocycles. The van der Waals surface area contributed by atoms with E-state index in [0.717, 1.165) is 30.9 Å². The molecule has 1 aromatic carbocycles. The lowest BCUT2D eigenvalue weighted by molar-refractivity contribution is -0.133. The molecule has 0 aliphatic carbocycles. The summed E-state index contributed by atoms with van der Waals surface area (Å²) in [6.07, 6.45) is 1.88. The Kier molecular flexibility index (Phi) is 3.78. The first-order valence-electron chi connectivity index (χ1n) is 7.11. The van der Waals surface area contributed by atoms with E-state index in [0.29, 0.717) is 13.2 Å². The van der Waals surface area contributed by atoms with Crippen LogP contribution in [-0.2, 0) is 4.79 Å². The largest absolute Gasteiger partial charge is 0.486 e. The molecule has 1 unspecified atom stereocenters. The minimum atomic E-state index is -0.111. The first kappa shape index (κ1) is 13.2. The highest BCUT2D eigenvalue weighted by Crippen LogP contribution is 2.30. The van der Waals surface area contributed by atoms with Crippen molar-refractivity contribution in [1.29, 1.82) is 0 Å². The average Bonchev–Trinajstić information content (AvgIpc) is 3.00. The van der Waals surface area contributed by atoms with Crippen LogP contribution in [0.1, 0.15) is 12.8 Å². The number of para-hydroxylation sites is 2. The molecule has 108 valence electrons. The van der Waals surface area contributed by atoms with Crippen LogP contribution in [0.3, 0.4) is 0 Å². The second kappa shape index (κ2) is 5.71. The van der Waals surface area contributed by atoms with E-state index in [1.54, 1.807) is 4.90 Å². The number of carbonyl (C=O) groups is 1. The summed E-state index contributed by atoms with van der Waals surface area (Å²) in [6, 6.07) is 7.59. The molecule has 5 heteroatoms. The Morgan fingerprint density at radius 3 is 2.95 bits per heavy atom. The second-order valence-electron chi connectivity index (χ2n) is 5.37. The number of ether oxygens (including phenoxy) is 2. The number of benzene rings is 1. The summed E-state index contributed by atoms with van der Waals surface area (Å²) in [5.74, 6) is 1.67. The number of amides is 1. The number of hydrogen-bond acceptors (Lipinski definition) is 4. The van der Waals surface area contributed by atoms with E-state index in [-0.39, 0.29) is 18.1 Å². The standard InChI is InChI=1S/C15H20N2O3/c1-17(15(18)12-5-4-8-16-12)9-11-10-19-13-6-2-3-7-14(13)20-11/h2-3,6-7,11-12,16H,4-5,8-10H2,1H3/t11?,12-/m1/s1. The first-order chi connectivity index (χ1) is 9.74. The number of nitrogens with one attached hydrogen (secondary N) is 1. The summed E-state index contributed by atoms with van der Waals surface area (Å²) in [5, 5.41) is 3.23. The van der Waals surface area contributed by atoms with Gasteiger partial charge in [-0.25, -0.2) is 0 Å². The zero-order valence-corrected chi connectivity index (χ0v) is 11.7. The zero-order valence-electron chi connectivity index (χ0n) is 11.7. The van der Waals surface area contributed by atoms with Gasteiger partial charge in [-0.3, -0.25) is 4.79 Å². The summed E-state index contributed by atoms with van der Waals surface area (Å²) < 4.78 is 11.5. The molecule has 0 bridgehead atoms. The predicted octanol–water partition coefficient (Wildman–Crippen LogP) is 1.04. The molecule has 2 atom stereocenters. The van der Waals surface area contributed by atoms with Crippen molar-refractivity contribution < 1.29 is 14.3 Å². The Morgan fingerprint density at radius 1 is 1.40 bits per heavy atom. The molecule has 0 spiro atoms. The topological polar surface area (TPSA) is 50.8 Å². The van der Waals surface area contributed by atoms with E-state index < -0.39 is 0 Å². The monoisotopic (exact) mass is 276 g/mol. The van der Waals surface area contributed by atoms with Gasteiger partial charge in [0.05, 0.1) is 12.6 Å². The SMILES string of the molecule is CN(CC1COc2ccccc2O1)C(=O)[C@H]1CCCN1. The van der Waals surface area contributed by atoms with Gasteiger partial charge >= 0.3 is 0 Å². The van der Waals surface area contributed by atoms with E-state index in [1.165, 1.54) is 0 Å². The maximum Gasteiger partial charge on any atom is 0.239 e. The van der Waals surface area contributed by atoms with E-state index in [2.05, 4.69) is 5.32 Å². The maximum absolute atomic E-state index is 12.2. The number of likely N-dealkylation sites (N-methyl/N-ethyl adjacent to an activating group) is 1. The van der Waals surface area contributed by atoms with Crippen LogP contribution in [0, 0.1) is 0 Å². The molecule has 2 aliphatic heterocycles. The van der Waals surface area contributed by atoms with Gasteiger partial charge in [0.1, 0.15) is 6.61 Å².